The van der Waals surface area contributed by atoms with Gasteiger partial charge in [-0.2, -0.15) is 0 Å². The fourth-order valence-corrected chi connectivity index (χ4v) is 2.73. The molecule has 3 aromatic rings. The van der Waals surface area contributed by atoms with Gasteiger partial charge in [0.05, 0.1) is 13.2 Å². The third-order valence-corrected chi connectivity index (χ3v) is 4.03. The van der Waals surface area contributed by atoms with Gasteiger partial charge in [-0.1, -0.05) is 60.7 Å². The van der Waals surface area contributed by atoms with Crippen molar-refractivity contribution < 1.29 is 5.11 Å². The highest BCUT2D eigenvalue weighted by Crippen LogP contribution is 2.17. The Morgan fingerprint density at radius 2 is 1.58 bits per heavy atom. The van der Waals surface area contributed by atoms with Gasteiger partial charge >= 0.3 is 0 Å². The number of aromatic nitrogens is 3. The van der Waals surface area contributed by atoms with E-state index in [0.29, 0.717) is 13.1 Å². The lowest BCUT2D eigenvalue weighted by Crippen LogP contribution is -2.27. The van der Waals surface area contributed by atoms with Gasteiger partial charge in [-0.25, -0.2) is 0 Å². The van der Waals surface area contributed by atoms with Crippen LogP contribution in [-0.4, -0.2) is 37.9 Å². The van der Waals surface area contributed by atoms with Gasteiger partial charge in [-0.15, -0.1) is 10.2 Å². The third-order valence-electron chi connectivity index (χ3n) is 4.03. The molecule has 0 aliphatic carbocycles. The molecule has 2 aromatic carbocycles. The molecule has 0 unspecified atom stereocenters. The van der Waals surface area contributed by atoms with Crippen LogP contribution in [0.3, 0.4) is 0 Å². The number of rotatable bonds is 7. The molecule has 5 heteroatoms. The van der Waals surface area contributed by atoms with E-state index >= 15 is 0 Å². The number of aliphatic hydroxyl groups excluding tert-OH is 1. The lowest BCUT2D eigenvalue weighted by Gasteiger charge is -2.20. The van der Waals surface area contributed by atoms with Crippen LogP contribution in [-0.2, 0) is 20.1 Å². The Hall–Kier alpha value is -2.50. The topological polar surface area (TPSA) is 54.2 Å². The van der Waals surface area contributed by atoms with E-state index in [9.17, 15) is 5.11 Å². The van der Waals surface area contributed by atoms with Gasteiger partial charge in [0.1, 0.15) is 5.82 Å². The van der Waals surface area contributed by atoms with E-state index < -0.39 is 0 Å². The fourth-order valence-electron chi connectivity index (χ4n) is 2.73. The standard InChI is InChI=1S/C19H22N4O/c1-22-18(20-21-19(22)17-10-6-3-7-11-17)15-23(12-13-24)14-16-8-4-2-5-9-16/h2-11,24H,12-15H2,1H3. The molecule has 0 saturated carbocycles. The maximum absolute atomic E-state index is 9.36. The van der Waals surface area contributed by atoms with Crippen molar-refractivity contribution in [3.8, 4) is 11.4 Å². The molecule has 0 aliphatic rings. The Balaban J connectivity index is 1.77. The van der Waals surface area contributed by atoms with Gasteiger partial charge in [-0.05, 0) is 5.56 Å². The molecule has 1 heterocycles. The van der Waals surface area contributed by atoms with Gasteiger partial charge in [-0.3, -0.25) is 4.90 Å². The molecule has 3 rings (SSSR count). The predicted molar refractivity (Wildman–Crippen MR) is 94.1 cm³/mol. The lowest BCUT2D eigenvalue weighted by molar-refractivity contribution is 0.180. The number of hydrogen-bond donors (Lipinski definition) is 1. The quantitative estimate of drug-likeness (QED) is 0.726. The minimum atomic E-state index is 0.121. The molecule has 5 nitrogen and oxygen atoms in total. The molecule has 1 N–H and O–H groups in total. The smallest absolute Gasteiger partial charge is 0.163 e. The normalized spacial score (nSPS) is 11.1. The zero-order chi connectivity index (χ0) is 16.8. The Bertz CT molecular complexity index is 756. The summed E-state index contributed by atoms with van der Waals surface area (Å²) in [5.74, 6) is 1.74. The molecule has 0 radical (unpaired) electrons. The van der Waals surface area contributed by atoms with E-state index in [1.54, 1.807) is 0 Å². The summed E-state index contributed by atoms with van der Waals surface area (Å²) in [6, 6.07) is 20.3. The van der Waals surface area contributed by atoms with Gasteiger partial charge in [0.2, 0.25) is 0 Å². The monoisotopic (exact) mass is 322 g/mol. The van der Waals surface area contributed by atoms with E-state index in [4.69, 9.17) is 0 Å². The van der Waals surface area contributed by atoms with Crippen molar-refractivity contribution in [1.29, 1.82) is 0 Å². The van der Waals surface area contributed by atoms with Gasteiger partial charge < -0.3 is 9.67 Å². The molecule has 0 amide bonds. The molecule has 0 spiro atoms. The second-order valence-corrected chi connectivity index (χ2v) is 5.78. The summed E-state index contributed by atoms with van der Waals surface area (Å²) >= 11 is 0. The summed E-state index contributed by atoms with van der Waals surface area (Å²) in [4.78, 5) is 2.17. The zero-order valence-corrected chi connectivity index (χ0v) is 13.8. The van der Waals surface area contributed by atoms with Crippen LogP contribution in [0.5, 0.6) is 0 Å². The average Bonchev–Trinajstić information content (AvgIpc) is 2.97. The lowest BCUT2D eigenvalue weighted by atomic mass is 10.2. The Morgan fingerprint density at radius 3 is 2.25 bits per heavy atom. The van der Waals surface area contributed by atoms with Crippen LogP contribution in [0.15, 0.2) is 60.7 Å². The van der Waals surface area contributed by atoms with Crippen molar-refractivity contribution in [3.63, 3.8) is 0 Å². The van der Waals surface area contributed by atoms with E-state index in [-0.39, 0.29) is 6.61 Å². The summed E-state index contributed by atoms with van der Waals surface area (Å²) in [5, 5.41) is 18.0. The van der Waals surface area contributed by atoms with Crippen molar-refractivity contribution in [2.24, 2.45) is 7.05 Å². The van der Waals surface area contributed by atoms with Crippen LogP contribution in [0.1, 0.15) is 11.4 Å². The minimum absolute atomic E-state index is 0.121. The SMILES string of the molecule is Cn1c(CN(CCO)Cc2ccccc2)nnc1-c1ccccc1. The molecule has 0 bridgehead atoms. The van der Waals surface area contributed by atoms with Crippen LogP contribution in [0.2, 0.25) is 0 Å². The van der Waals surface area contributed by atoms with Crippen LogP contribution in [0.25, 0.3) is 11.4 Å². The fraction of sp³-hybridized carbons (Fsp3) is 0.263. The molecule has 24 heavy (non-hydrogen) atoms. The molecule has 0 aliphatic heterocycles. The Morgan fingerprint density at radius 1 is 0.917 bits per heavy atom. The highest BCUT2D eigenvalue weighted by molar-refractivity contribution is 5.54. The molecule has 124 valence electrons. The maximum atomic E-state index is 9.36. The summed E-state index contributed by atoms with van der Waals surface area (Å²) in [6.07, 6.45) is 0. The highest BCUT2D eigenvalue weighted by Gasteiger charge is 2.14. The summed E-state index contributed by atoms with van der Waals surface area (Å²) in [6.45, 7) is 2.14. The van der Waals surface area contributed by atoms with E-state index in [0.717, 1.165) is 23.8 Å². The van der Waals surface area contributed by atoms with Crippen molar-refractivity contribution in [2.75, 3.05) is 13.2 Å². The molecule has 0 fully saturated rings. The van der Waals surface area contributed by atoms with Gasteiger partial charge in [0.15, 0.2) is 5.82 Å². The van der Waals surface area contributed by atoms with Crippen molar-refractivity contribution >= 4 is 0 Å². The average molecular weight is 322 g/mol. The highest BCUT2D eigenvalue weighted by atomic mass is 16.3. The van der Waals surface area contributed by atoms with Crippen molar-refractivity contribution in [2.45, 2.75) is 13.1 Å². The van der Waals surface area contributed by atoms with Crippen LogP contribution >= 0.6 is 0 Å². The van der Waals surface area contributed by atoms with E-state index in [1.807, 2.05) is 60.1 Å². The third kappa shape index (κ3) is 3.88. The molecular formula is C19H22N4O. The number of nitrogens with zero attached hydrogens (tertiary/aromatic N) is 4. The van der Waals surface area contributed by atoms with Crippen LogP contribution in [0, 0.1) is 0 Å². The van der Waals surface area contributed by atoms with Crippen LogP contribution < -0.4 is 0 Å². The summed E-state index contributed by atoms with van der Waals surface area (Å²) in [5.41, 5.74) is 2.27. The number of aliphatic hydroxyl groups is 1. The minimum Gasteiger partial charge on any atom is -0.395 e. The second kappa shape index (κ2) is 7.86. The molecule has 1 aromatic heterocycles. The maximum Gasteiger partial charge on any atom is 0.163 e. The van der Waals surface area contributed by atoms with Crippen LogP contribution in [0.4, 0.5) is 0 Å². The summed E-state index contributed by atoms with van der Waals surface area (Å²) < 4.78 is 2.02. The first kappa shape index (κ1) is 16.4. The Kier molecular flexibility index (Phi) is 5.36. The van der Waals surface area contributed by atoms with Gasteiger partial charge in [0.25, 0.3) is 0 Å². The first-order valence-electron chi connectivity index (χ1n) is 8.09. The number of benzene rings is 2. The largest absolute Gasteiger partial charge is 0.395 e. The zero-order valence-electron chi connectivity index (χ0n) is 13.8. The summed E-state index contributed by atoms with van der Waals surface area (Å²) in [7, 11) is 1.98. The first-order chi connectivity index (χ1) is 11.8. The first-order valence-corrected chi connectivity index (χ1v) is 8.09. The van der Waals surface area contributed by atoms with Gasteiger partial charge in [0, 0.05) is 25.7 Å². The molecule has 0 saturated heterocycles. The second-order valence-electron chi connectivity index (χ2n) is 5.78. The molecule has 0 atom stereocenters. The molecular weight excluding hydrogens is 300 g/mol. The van der Waals surface area contributed by atoms with E-state index in [2.05, 4.69) is 27.2 Å². The van der Waals surface area contributed by atoms with Crippen molar-refractivity contribution in [3.05, 3.63) is 72.1 Å². The van der Waals surface area contributed by atoms with E-state index in [1.165, 1.54) is 5.56 Å². The number of hydrogen-bond acceptors (Lipinski definition) is 4. The van der Waals surface area contributed by atoms with Crippen molar-refractivity contribution in [1.82, 2.24) is 19.7 Å². The predicted octanol–water partition coefficient (Wildman–Crippen LogP) is 2.48. The Labute approximate surface area is 142 Å².